The van der Waals surface area contributed by atoms with Crippen LogP contribution in [0.4, 0.5) is 5.69 Å². The first-order chi connectivity index (χ1) is 12.2. The summed E-state index contributed by atoms with van der Waals surface area (Å²) < 4.78 is 2.23. The van der Waals surface area contributed by atoms with E-state index >= 15 is 0 Å². The first-order valence-corrected chi connectivity index (χ1v) is 7.83. The summed E-state index contributed by atoms with van der Waals surface area (Å²) in [5.41, 5.74) is 0.976. The van der Waals surface area contributed by atoms with Crippen LogP contribution in [0.2, 0.25) is 0 Å². The zero-order valence-corrected chi connectivity index (χ0v) is 15.0. The molecular weight excluding hydrogens is 336 g/mol. The molecule has 0 aliphatic carbocycles. The lowest BCUT2D eigenvalue weighted by atomic mass is 10.1. The Balaban J connectivity index is 2.25. The quantitative estimate of drug-likeness (QED) is 0.774. The maximum Gasteiger partial charge on any atom is 0.330 e. The summed E-state index contributed by atoms with van der Waals surface area (Å²) in [7, 11) is 4.42. The van der Waals surface area contributed by atoms with Gasteiger partial charge in [-0.3, -0.25) is 19.0 Å². The Bertz CT molecular complexity index is 1010. The normalized spacial score (nSPS) is 10.8. The van der Waals surface area contributed by atoms with Crippen molar-refractivity contribution in [3.63, 3.8) is 0 Å². The van der Waals surface area contributed by atoms with Crippen molar-refractivity contribution in [3.8, 4) is 0 Å². The molecule has 1 aromatic carbocycles. The molecule has 0 saturated carbocycles. The summed E-state index contributed by atoms with van der Waals surface area (Å²) in [5, 5.41) is 5.20. The Morgan fingerprint density at radius 3 is 2.50 bits per heavy atom. The predicted octanol–water partition coefficient (Wildman–Crippen LogP) is 0.404. The second-order valence-electron chi connectivity index (χ2n) is 5.77. The fraction of sp³-hybridized carbons (Fsp3) is 0.222. The number of hydrogen-bond acceptors (Lipinski definition) is 4. The molecule has 8 heteroatoms. The van der Waals surface area contributed by atoms with Gasteiger partial charge in [-0.1, -0.05) is 6.07 Å². The Morgan fingerprint density at radius 1 is 1.15 bits per heavy atom. The number of aryl methyl sites for hydroxylation is 2. The van der Waals surface area contributed by atoms with E-state index < -0.39 is 17.2 Å². The van der Waals surface area contributed by atoms with Gasteiger partial charge in [-0.05, 0) is 30.7 Å². The molecule has 2 amide bonds. The van der Waals surface area contributed by atoms with Crippen LogP contribution in [-0.4, -0.2) is 28.0 Å². The molecule has 8 nitrogen and oxygen atoms in total. The van der Waals surface area contributed by atoms with E-state index in [1.54, 1.807) is 25.1 Å². The molecule has 0 saturated heterocycles. The van der Waals surface area contributed by atoms with Crippen LogP contribution < -0.4 is 21.9 Å². The highest BCUT2D eigenvalue weighted by Gasteiger charge is 2.09. The number of carbonyl (C=O) groups is 2. The second-order valence-corrected chi connectivity index (χ2v) is 5.77. The summed E-state index contributed by atoms with van der Waals surface area (Å²) in [4.78, 5) is 47.6. The van der Waals surface area contributed by atoms with Crippen LogP contribution in [0.1, 0.15) is 21.5 Å². The Hall–Kier alpha value is -3.42. The highest BCUT2D eigenvalue weighted by atomic mass is 16.2. The predicted molar refractivity (Wildman–Crippen MR) is 99.2 cm³/mol. The van der Waals surface area contributed by atoms with Gasteiger partial charge in [0.15, 0.2) is 0 Å². The maximum absolute atomic E-state index is 12.2. The summed E-state index contributed by atoms with van der Waals surface area (Å²) in [6, 6.07) is 4.96. The van der Waals surface area contributed by atoms with Gasteiger partial charge < -0.3 is 15.2 Å². The number of nitrogens with one attached hydrogen (secondary N) is 2. The highest BCUT2D eigenvalue weighted by molar-refractivity contribution is 6.03. The molecule has 26 heavy (non-hydrogen) atoms. The van der Waals surface area contributed by atoms with Crippen LogP contribution in [0.5, 0.6) is 0 Å². The summed E-state index contributed by atoms with van der Waals surface area (Å²) in [6.45, 7) is 1.80. The molecule has 0 atom stereocenters. The van der Waals surface area contributed by atoms with Crippen molar-refractivity contribution in [3.05, 3.63) is 68.0 Å². The van der Waals surface area contributed by atoms with Crippen LogP contribution in [0.25, 0.3) is 6.08 Å². The van der Waals surface area contributed by atoms with Crippen molar-refractivity contribution in [2.24, 2.45) is 14.1 Å². The van der Waals surface area contributed by atoms with Gasteiger partial charge in [-0.2, -0.15) is 0 Å². The molecule has 0 unspecified atom stereocenters. The van der Waals surface area contributed by atoms with Crippen LogP contribution in [0, 0.1) is 6.92 Å². The van der Waals surface area contributed by atoms with E-state index in [1.165, 1.54) is 44.1 Å². The van der Waals surface area contributed by atoms with Crippen molar-refractivity contribution in [1.29, 1.82) is 0 Å². The SMILES string of the molecule is CNC(=O)c1ccc(C)c(NC(=O)/C=C/c2cn(C)c(=O)n(C)c2=O)c1. The lowest BCUT2D eigenvalue weighted by molar-refractivity contribution is -0.111. The molecule has 1 heterocycles. The first kappa shape index (κ1) is 18.9. The molecule has 2 rings (SSSR count). The van der Waals surface area contributed by atoms with Gasteiger partial charge in [-0.15, -0.1) is 0 Å². The number of carbonyl (C=O) groups excluding carboxylic acids is 2. The van der Waals surface area contributed by atoms with Crippen molar-refractivity contribution in [2.45, 2.75) is 6.92 Å². The molecule has 0 aliphatic rings. The zero-order valence-electron chi connectivity index (χ0n) is 15.0. The average molecular weight is 356 g/mol. The Morgan fingerprint density at radius 2 is 1.85 bits per heavy atom. The number of benzene rings is 1. The summed E-state index contributed by atoms with van der Waals surface area (Å²) in [5.74, 6) is -0.720. The summed E-state index contributed by atoms with van der Waals surface area (Å²) >= 11 is 0. The molecule has 0 bridgehead atoms. The molecule has 0 radical (unpaired) electrons. The van der Waals surface area contributed by atoms with Gasteiger partial charge in [0, 0.05) is 44.7 Å². The van der Waals surface area contributed by atoms with Gasteiger partial charge in [0.05, 0.1) is 5.56 Å². The number of amides is 2. The van der Waals surface area contributed by atoms with E-state index in [0.29, 0.717) is 11.3 Å². The standard InChI is InChI=1S/C18H20N4O4/c1-11-5-6-12(16(24)19-2)9-14(11)20-15(23)8-7-13-10-21(3)18(26)22(4)17(13)25/h5-10H,1-4H3,(H,19,24)(H,20,23)/b8-7+. The molecule has 136 valence electrons. The van der Waals surface area contributed by atoms with Crippen molar-refractivity contribution in [2.75, 3.05) is 12.4 Å². The average Bonchev–Trinajstić information content (AvgIpc) is 2.63. The molecule has 1 aromatic heterocycles. The third-order valence-corrected chi connectivity index (χ3v) is 3.87. The smallest absolute Gasteiger partial charge is 0.330 e. The van der Waals surface area contributed by atoms with E-state index in [-0.39, 0.29) is 11.5 Å². The number of anilines is 1. The van der Waals surface area contributed by atoms with Gasteiger partial charge >= 0.3 is 5.69 Å². The van der Waals surface area contributed by atoms with E-state index in [9.17, 15) is 19.2 Å². The monoisotopic (exact) mass is 356 g/mol. The molecule has 0 spiro atoms. The zero-order chi connectivity index (χ0) is 19.4. The Kier molecular flexibility index (Phi) is 5.56. The minimum Gasteiger partial charge on any atom is -0.355 e. The number of nitrogens with zero attached hydrogens (tertiary/aromatic N) is 2. The van der Waals surface area contributed by atoms with Crippen molar-refractivity contribution < 1.29 is 9.59 Å². The van der Waals surface area contributed by atoms with Gasteiger partial charge in [0.1, 0.15) is 0 Å². The van der Waals surface area contributed by atoms with Crippen LogP contribution in [0.15, 0.2) is 40.1 Å². The second kappa shape index (κ2) is 7.64. The minimum atomic E-state index is -0.491. The molecule has 2 N–H and O–H groups in total. The largest absolute Gasteiger partial charge is 0.355 e. The van der Waals surface area contributed by atoms with Crippen molar-refractivity contribution >= 4 is 23.6 Å². The molecule has 2 aromatic rings. The van der Waals surface area contributed by atoms with Gasteiger partial charge in [0.25, 0.3) is 11.5 Å². The lowest BCUT2D eigenvalue weighted by Gasteiger charge is -2.09. The van der Waals surface area contributed by atoms with Crippen molar-refractivity contribution in [1.82, 2.24) is 14.5 Å². The fourth-order valence-electron chi connectivity index (χ4n) is 2.33. The van der Waals surface area contributed by atoms with Crippen LogP contribution >= 0.6 is 0 Å². The van der Waals surface area contributed by atoms with Crippen LogP contribution in [-0.2, 0) is 18.9 Å². The van der Waals surface area contributed by atoms with E-state index in [4.69, 9.17) is 0 Å². The maximum atomic E-state index is 12.2. The number of hydrogen-bond donors (Lipinski definition) is 2. The number of aromatic nitrogens is 2. The topological polar surface area (TPSA) is 102 Å². The molecular formula is C18H20N4O4. The van der Waals surface area contributed by atoms with Crippen LogP contribution in [0.3, 0.4) is 0 Å². The minimum absolute atomic E-state index is 0.209. The summed E-state index contributed by atoms with van der Waals surface area (Å²) in [6.07, 6.45) is 3.91. The van der Waals surface area contributed by atoms with E-state index in [2.05, 4.69) is 10.6 Å². The fourth-order valence-corrected chi connectivity index (χ4v) is 2.33. The first-order valence-electron chi connectivity index (χ1n) is 7.83. The van der Waals surface area contributed by atoms with Gasteiger partial charge in [0.2, 0.25) is 5.91 Å². The third-order valence-electron chi connectivity index (χ3n) is 3.87. The lowest BCUT2D eigenvalue weighted by Crippen LogP contribution is -2.37. The molecule has 0 fully saturated rings. The highest BCUT2D eigenvalue weighted by Crippen LogP contribution is 2.17. The Labute approximate surface area is 149 Å². The number of rotatable bonds is 4. The van der Waals surface area contributed by atoms with Gasteiger partial charge in [-0.25, -0.2) is 4.79 Å². The van der Waals surface area contributed by atoms with E-state index in [0.717, 1.165) is 10.1 Å². The molecule has 0 aliphatic heterocycles. The third kappa shape index (κ3) is 3.97. The van der Waals surface area contributed by atoms with E-state index in [1.807, 2.05) is 0 Å².